The Labute approximate surface area is 117 Å². The fraction of sp³-hybridized carbons (Fsp3) is 0.286. The summed E-state index contributed by atoms with van der Waals surface area (Å²) in [6, 6.07) is 6.98. The van der Waals surface area contributed by atoms with Gasteiger partial charge in [0.1, 0.15) is 5.75 Å². The summed E-state index contributed by atoms with van der Waals surface area (Å²) in [4.78, 5) is 15.6. The number of nitrogens with one attached hydrogen (secondary N) is 2. The number of nitrogens with zero attached hydrogens (tertiary/aromatic N) is 2. The zero-order valence-corrected chi connectivity index (χ0v) is 11.4. The number of carbonyl (C=O) groups excluding carboxylic acids is 1. The summed E-state index contributed by atoms with van der Waals surface area (Å²) in [5, 5.41) is 5.57. The molecule has 0 aliphatic heterocycles. The Balaban J connectivity index is 1.66. The molecule has 0 atom stereocenters. The van der Waals surface area contributed by atoms with Crippen LogP contribution < -0.4 is 15.4 Å². The molecule has 0 saturated carbocycles. The highest BCUT2D eigenvalue weighted by Crippen LogP contribution is 2.14. The van der Waals surface area contributed by atoms with Crippen LogP contribution in [0.2, 0.25) is 0 Å². The number of carbonyl (C=O) groups is 1. The smallest absolute Gasteiger partial charge is 0.319 e. The summed E-state index contributed by atoms with van der Waals surface area (Å²) in [5.41, 5.74) is 0.734. The Hall–Kier alpha value is -2.50. The van der Waals surface area contributed by atoms with Crippen molar-refractivity contribution in [2.75, 3.05) is 19.0 Å². The SMILES string of the molecule is COc1ccc(NC(=O)NCCCn2ccnc2)cc1. The highest BCUT2D eigenvalue weighted by atomic mass is 16.5. The number of hydrogen-bond acceptors (Lipinski definition) is 3. The topological polar surface area (TPSA) is 68.2 Å². The van der Waals surface area contributed by atoms with Gasteiger partial charge in [-0.2, -0.15) is 0 Å². The predicted octanol–water partition coefficient (Wildman–Crippen LogP) is 2.10. The van der Waals surface area contributed by atoms with E-state index in [1.54, 1.807) is 43.9 Å². The van der Waals surface area contributed by atoms with E-state index in [0.29, 0.717) is 6.54 Å². The fourth-order valence-corrected chi connectivity index (χ4v) is 1.73. The number of anilines is 1. The lowest BCUT2D eigenvalue weighted by atomic mass is 10.3. The summed E-state index contributed by atoms with van der Waals surface area (Å²) in [5.74, 6) is 0.760. The van der Waals surface area contributed by atoms with Crippen molar-refractivity contribution in [1.29, 1.82) is 0 Å². The molecule has 106 valence electrons. The van der Waals surface area contributed by atoms with Gasteiger partial charge in [0.05, 0.1) is 13.4 Å². The average molecular weight is 274 g/mol. The number of benzene rings is 1. The van der Waals surface area contributed by atoms with E-state index in [1.165, 1.54) is 0 Å². The Morgan fingerprint density at radius 3 is 2.80 bits per heavy atom. The van der Waals surface area contributed by atoms with Crippen molar-refractivity contribution in [1.82, 2.24) is 14.9 Å². The first-order chi connectivity index (χ1) is 9.78. The van der Waals surface area contributed by atoms with Crippen molar-refractivity contribution >= 4 is 11.7 Å². The number of imidazole rings is 1. The van der Waals surface area contributed by atoms with Gasteiger partial charge in [-0.1, -0.05) is 0 Å². The number of rotatable bonds is 6. The second-order valence-electron chi connectivity index (χ2n) is 4.26. The lowest BCUT2D eigenvalue weighted by Crippen LogP contribution is -2.29. The lowest BCUT2D eigenvalue weighted by molar-refractivity contribution is 0.252. The predicted molar refractivity (Wildman–Crippen MR) is 76.9 cm³/mol. The monoisotopic (exact) mass is 274 g/mol. The number of methoxy groups -OCH3 is 1. The molecule has 1 aromatic carbocycles. The summed E-state index contributed by atoms with van der Waals surface area (Å²) < 4.78 is 7.03. The molecule has 2 N–H and O–H groups in total. The van der Waals surface area contributed by atoms with E-state index < -0.39 is 0 Å². The molecule has 2 aromatic rings. The average Bonchev–Trinajstić information content (AvgIpc) is 2.98. The molecule has 1 aromatic heterocycles. The summed E-state index contributed by atoms with van der Waals surface area (Å²) in [7, 11) is 1.61. The van der Waals surface area contributed by atoms with Crippen LogP contribution >= 0.6 is 0 Å². The van der Waals surface area contributed by atoms with Gasteiger partial charge in [-0.05, 0) is 30.7 Å². The minimum absolute atomic E-state index is 0.208. The van der Waals surface area contributed by atoms with Crippen molar-refractivity contribution in [3.63, 3.8) is 0 Å². The lowest BCUT2D eigenvalue weighted by Gasteiger charge is -2.08. The molecule has 0 fully saturated rings. The third-order valence-corrected chi connectivity index (χ3v) is 2.79. The summed E-state index contributed by atoms with van der Waals surface area (Å²) in [6.45, 7) is 1.45. The second kappa shape index (κ2) is 7.18. The second-order valence-corrected chi connectivity index (χ2v) is 4.26. The van der Waals surface area contributed by atoms with E-state index >= 15 is 0 Å². The molecule has 0 unspecified atom stereocenters. The van der Waals surface area contributed by atoms with Gasteiger partial charge < -0.3 is 19.9 Å². The molecular formula is C14H18N4O2. The third-order valence-electron chi connectivity index (χ3n) is 2.79. The maximum Gasteiger partial charge on any atom is 0.319 e. The first-order valence-electron chi connectivity index (χ1n) is 6.42. The van der Waals surface area contributed by atoms with Gasteiger partial charge in [0, 0.05) is 31.2 Å². The Kier molecular flexibility index (Phi) is 5.00. The maximum atomic E-state index is 11.7. The number of aryl methyl sites for hydroxylation is 1. The maximum absolute atomic E-state index is 11.7. The van der Waals surface area contributed by atoms with Gasteiger partial charge in [0.15, 0.2) is 0 Å². The standard InChI is InChI=1S/C14H18N4O2/c1-20-13-5-3-12(4-6-13)17-14(19)16-7-2-9-18-10-8-15-11-18/h3-6,8,10-11H,2,7,9H2,1H3,(H2,16,17,19). The van der Waals surface area contributed by atoms with Crippen LogP contribution in [-0.4, -0.2) is 29.2 Å². The number of amides is 2. The molecule has 0 radical (unpaired) electrons. The molecule has 0 aliphatic rings. The first-order valence-corrected chi connectivity index (χ1v) is 6.42. The number of urea groups is 1. The van der Waals surface area contributed by atoms with Crippen molar-refractivity contribution in [2.24, 2.45) is 0 Å². The van der Waals surface area contributed by atoms with Gasteiger partial charge >= 0.3 is 6.03 Å². The van der Waals surface area contributed by atoms with E-state index in [1.807, 2.05) is 10.8 Å². The molecule has 0 spiro atoms. The van der Waals surface area contributed by atoms with Gasteiger partial charge in [-0.15, -0.1) is 0 Å². The van der Waals surface area contributed by atoms with Gasteiger partial charge in [-0.3, -0.25) is 0 Å². The first kappa shape index (κ1) is 13.9. The van der Waals surface area contributed by atoms with Crippen LogP contribution in [0.5, 0.6) is 5.75 Å². The Bertz CT molecular complexity index is 523. The van der Waals surface area contributed by atoms with Crippen LogP contribution in [0.25, 0.3) is 0 Å². The highest BCUT2D eigenvalue weighted by Gasteiger charge is 2.01. The van der Waals surface area contributed by atoms with E-state index in [4.69, 9.17) is 4.74 Å². The van der Waals surface area contributed by atoms with Crippen molar-refractivity contribution in [3.8, 4) is 5.75 Å². The number of hydrogen-bond donors (Lipinski definition) is 2. The molecular weight excluding hydrogens is 256 g/mol. The van der Waals surface area contributed by atoms with E-state index in [2.05, 4.69) is 15.6 Å². The zero-order valence-electron chi connectivity index (χ0n) is 11.4. The van der Waals surface area contributed by atoms with E-state index in [0.717, 1.165) is 24.4 Å². The molecule has 0 saturated heterocycles. The van der Waals surface area contributed by atoms with Crippen LogP contribution in [0.1, 0.15) is 6.42 Å². The number of ether oxygens (including phenoxy) is 1. The normalized spacial score (nSPS) is 10.1. The molecule has 2 amide bonds. The third kappa shape index (κ3) is 4.31. The van der Waals surface area contributed by atoms with Crippen molar-refractivity contribution in [3.05, 3.63) is 43.0 Å². The Morgan fingerprint density at radius 2 is 2.15 bits per heavy atom. The van der Waals surface area contributed by atoms with Gasteiger partial charge in [-0.25, -0.2) is 9.78 Å². The Morgan fingerprint density at radius 1 is 1.35 bits per heavy atom. The highest BCUT2D eigenvalue weighted by molar-refractivity contribution is 5.89. The molecule has 1 heterocycles. The molecule has 0 aliphatic carbocycles. The molecule has 2 rings (SSSR count). The molecule has 20 heavy (non-hydrogen) atoms. The van der Waals surface area contributed by atoms with Crippen LogP contribution in [0.15, 0.2) is 43.0 Å². The summed E-state index contributed by atoms with van der Waals surface area (Å²) in [6.07, 6.45) is 6.26. The molecule has 6 nitrogen and oxygen atoms in total. The van der Waals surface area contributed by atoms with Crippen LogP contribution in [-0.2, 0) is 6.54 Å². The fourth-order valence-electron chi connectivity index (χ4n) is 1.73. The largest absolute Gasteiger partial charge is 0.497 e. The van der Waals surface area contributed by atoms with Gasteiger partial charge in [0.25, 0.3) is 0 Å². The zero-order chi connectivity index (χ0) is 14.2. The van der Waals surface area contributed by atoms with E-state index in [9.17, 15) is 4.79 Å². The quantitative estimate of drug-likeness (QED) is 0.793. The minimum atomic E-state index is -0.208. The van der Waals surface area contributed by atoms with Gasteiger partial charge in [0.2, 0.25) is 0 Å². The van der Waals surface area contributed by atoms with Crippen molar-refractivity contribution in [2.45, 2.75) is 13.0 Å². The van der Waals surface area contributed by atoms with Crippen molar-refractivity contribution < 1.29 is 9.53 Å². The minimum Gasteiger partial charge on any atom is -0.497 e. The molecule has 6 heteroatoms. The van der Waals surface area contributed by atoms with Crippen LogP contribution in [0.4, 0.5) is 10.5 Å². The molecule has 0 bridgehead atoms. The van der Waals surface area contributed by atoms with E-state index in [-0.39, 0.29) is 6.03 Å². The number of aromatic nitrogens is 2. The van der Waals surface area contributed by atoms with Crippen LogP contribution in [0, 0.1) is 0 Å². The summed E-state index contributed by atoms with van der Waals surface area (Å²) >= 11 is 0. The van der Waals surface area contributed by atoms with Crippen LogP contribution in [0.3, 0.4) is 0 Å².